The van der Waals surface area contributed by atoms with Gasteiger partial charge in [-0.05, 0) is 30.2 Å². The van der Waals surface area contributed by atoms with Crippen LogP contribution in [0.15, 0.2) is 23.7 Å². The molecule has 0 unspecified atom stereocenters. The molecule has 4 nitrogen and oxygen atoms in total. The van der Waals surface area contributed by atoms with Crippen LogP contribution in [-0.4, -0.2) is 22.8 Å². The van der Waals surface area contributed by atoms with Crippen molar-refractivity contribution in [1.29, 1.82) is 0 Å². The SMILES string of the molecule is Cc1ncsc1CN(C)C(=O)c1ccc2c(c1)CNC2.Cl.Cl. The molecule has 1 N–H and O–H groups in total. The molecule has 0 bridgehead atoms. The monoisotopic (exact) mass is 359 g/mol. The van der Waals surface area contributed by atoms with Crippen LogP contribution in [0.4, 0.5) is 0 Å². The van der Waals surface area contributed by atoms with E-state index in [2.05, 4.69) is 10.3 Å². The van der Waals surface area contributed by atoms with E-state index in [1.807, 2.05) is 37.7 Å². The number of thiazole rings is 1. The van der Waals surface area contributed by atoms with Gasteiger partial charge in [0.05, 0.1) is 17.7 Å². The molecule has 0 fully saturated rings. The van der Waals surface area contributed by atoms with Crippen LogP contribution in [0.5, 0.6) is 0 Å². The number of fused-ring (bicyclic) bond motifs is 1. The van der Waals surface area contributed by atoms with Crippen molar-refractivity contribution in [2.45, 2.75) is 26.6 Å². The van der Waals surface area contributed by atoms with Crippen LogP contribution in [-0.2, 0) is 19.6 Å². The summed E-state index contributed by atoms with van der Waals surface area (Å²) in [4.78, 5) is 19.6. The molecule has 0 atom stereocenters. The zero-order chi connectivity index (χ0) is 14.1. The summed E-state index contributed by atoms with van der Waals surface area (Å²) in [6, 6.07) is 5.98. The molecule has 0 saturated heterocycles. The molecule has 1 aliphatic rings. The highest BCUT2D eigenvalue weighted by Gasteiger charge is 2.17. The van der Waals surface area contributed by atoms with Crippen molar-refractivity contribution in [1.82, 2.24) is 15.2 Å². The normalized spacial score (nSPS) is 12.1. The maximum Gasteiger partial charge on any atom is 0.253 e. The van der Waals surface area contributed by atoms with Gasteiger partial charge in [-0.1, -0.05) is 6.07 Å². The number of benzene rings is 1. The fourth-order valence-corrected chi connectivity index (χ4v) is 3.24. The third-order valence-corrected chi connectivity index (χ3v) is 4.58. The molecule has 1 aromatic carbocycles. The summed E-state index contributed by atoms with van der Waals surface area (Å²) in [6.45, 7) is 4.35. The second-order valence-electron chi connectivity index (χ2n) is 5.11. The Morgan fingerprint density at radius 3 is 2.73 bits per heavy atom. The first-order valence-electron chi connectivity index (χ1n) is 6.62. The van der Waals surface area contributed by atoms with Crippen molar-refractivity contribution < 1.29 is 4.79 Å². The van der Waals surface area contributed by atoms with Gasteiger partial charge in [0.15, 0.2) is 0 Å². The van der Waals surface area contributed by atoms with Crippen molar-refractivity contribution in [2.24, 2.45) is 0 Å². The summed E-state index contributed by atoms with van der Waals surface area (Å²) in [6.07, 6.45) is 0. The first-order chi connectivity index (χ1) is 9.65. The lowest BCUT2D eigenvalue weighted by atomic mass is 10.1. The van der Waals surface area contributed by atoms with E-state index in [0.29, 0.717) is 6.54 Å². The number of aryl methyl sites for hydroxylation is 1. The van der Waals surface area contributed by atoms with Crippen LogP contribution in [0.25, 0.3) is 0 Å². The second kappa shape index (κ2) is 7.92. The standard InChI is InChI=1S/C15H17N3OS.2ClH/c1-10-14(20-9-17-10)8-18(2)15(19)11-3-4-12-6-16-7-13(12)5-11;;/h3-5,9,16H,6-8H2,1-2H3;2*1H. The van der Waals surface area contributed by atoms with Crippen molar-refractivity contribution in [3.05, 3.63) is 51.0 Å². The third-order valence-electron chi connectivity index (χ3n) is 3.66. The first-order valence-corrected chi connectivity index (χ1v) is 7.50. The smallest absolute Gasteiger partial charge is 0.253 e. The van der Waals surface area contributed by atoms with Gasteiger partial charge in [0.1, 0.15) is 0 Å². The predicted molar refractivity (Wildman–Crippen MR) is 94.1 cm³/mol. The van der Waals surface area contributed by atoms with Crippen LogP contribution in [0.3, 0.4) is 0 Å². The van der Waals surface area contributed by atoms with E-state index < -0.39 is 0 Å². The number of carbonyl (C=O) groups is 1. The molecule has 22 heavy (non-hydrogen) atoms. The number of aromatic nitrogens is 1. The van der Waals surface area contributed by atoms with E-state index in [0.717, 1.165) is 29.2 Å². The van der Waals surface area contributed by atoms with Crippen LogP contribution < -0.4 is 5.32 Å². The van der Waals surface area contributed by atoms with E-state index in [-0.39, 0.29) is 30.7 Å². The number of hydrogen-bond acceptors (Lipinski definition) is 4. The van der Waals surface area contributed by atoms with Gasteiger partial charge in [0, 0.05) is 30.6 Å². The second-order valence-corrected chi connectivity index (χ2v) is 6.05. The van der Waals surface area contributed by atoms with E-state index in [1.165, 1.54) is 11.1 Å². The first kappa shape index (κ1) is 18.9. The van der Waals surface area contributed by atoms with E-state index in [4.69, 9.17) is 0 Å². The average Bonchev–Trinajstić information content (AvgIpc) is 3.06. The Labute approximate surface area is 146 Å². The maximum absolute atomic E-state index is 12.5. The Bertz CT molecular complexity index is 660. The number of halogens is 2. The maximum atomic E-state index is 12.5. The van der Waals surface area contributed by atoms with Gasteiger partial charge in [-0.3, -0.25) is 4.79 Å². The molecule has 0 radical (unpaired) electrons. The quantitative estimate of drug-likeness (QED) is 0.915. The lowest BCUT2D eigenvalue weighted by molar-refractivity contribution is 0.0786. The molecule has 0 spiro atoms. The molecular weight excluding hydrogens is 341 g/mol. The van der Waals surface area contributed by atoms with Gasteiger partial charge in [0.25, 0.3) is 5.91 Å². The van der Waals surface area contributed by atoms with Gasteiger partial charge in [0.2, 0.25) is 0 Å². The highest BCUT2D eigenvalue weighted by molar-refractivity contribution is 7.09. The van der Waals surface area contributed by atoms with Crippen molar-refractivity contribution in [3.63, 3.8) is 0 Å². The minimum Gasteiger partial charge on any atom is -0.336 e. The van der Waals surface area contributed by atoms with Crippen LogP contribution in [0.2, 0.25) is 0 Å². The molecule has 1 aliphatic heterocycles. The molecule has 0 aliphatic carbocycles. The number of carbonyl (C=O) groups excluding carboxylic acids is 1. The van der Waals surface area contributed by atoms with E-state index in [9.17, 15) is 4.79 Å². The summed E-state index contributed by atoms with van der Waals surface area (Å²) in [7, 11) is 1.84. The molecule has 3 rings (SSSR count). The number of rotatable bonds is 3. The number of hydrogen-bond donors (Lipinski definition) is 1. The van der Waals surface area contributed by atoms with E-state index in [1.54, 1.807) is 16.2 Å². The molecule has 1 amide bonds. The lowest BCUT2D eigenvalue weighted by Crippen LogP contribution is -2.26. The molecular formula is C15H19Cl2N3OS. The highest BCUT2D eigenvalue weighted by Crippen LogP contribution is 2.19. The minimum absolute atomic E-state index is 0. The van der Waals surface area contributed by atoms with Gasteiger partial charge in [-0.25, -0.2) is 4.98 Å². The predicted octanol–water partition coefficient (Wildman–Crippen LogP) is 3.17. The minimum atomic E-state index is 0. The fourth-order valence-electron chi connectivity index (χ4n) is 2.41. The van der Waals surface area contributed by atoms with E-state index >= 15 is 0 Å². The van der Waals surface area contributed by atoms with Crippen molar-refractivity contribution >= 4 is 42.1 Å². The summed E-state index contributed by atoms with van der Waals surface area (Å²) in [5.41, 5.74) is 6.12. The molecule has 7 heteroatoms. The lowest BCUT2D eigenvalue weighted by Gasteiger charge is -2.17. The summed E-state index contributed by atoms with van der Waals surface area (Å²) < 4.78 is 0. The topological polar surface area (TPSA) is 45.2 Å². The van der Waals surface area contributed by atoms with Crippen molar-refractivity contribution in [3.8, 4) is 0 Å². The Kier molecular flexibility index (Phi) is 6.81. The van der Waals surface area contributed by atoms with Gasteiger partial charge in [-0.15, -0.1) is 36.2 Å². The Morgan fingerprint density at radius 2 is 2.05 bits per heavy atom. The van der Waals surface area contributed by atoms with Gasteiger partial charge in [-0.2, -0.15) is 0 Å². The summed E-state index contributed by atoms with van der Waals surface area (Å²) in [5.74, 6) is 0.0625. The van der Waals surface area contributed by atoms with Crippen LogP contribution in [0.1, 0.15) is 32.1 Å². The highest BCUT2D eigenvalue weighted by atomic mass is 35.5. The molecule has 0 saturated carbocycles. The molecule has 2 aromatic rings. The number of nitrogens with zero attached hydrogens (tertiary/aromatic N) is 2. The number of amides is 1. The zero-order valence-electron chi connectivity index (χ0n) is 12.5. The Hall–Kier alpha value is -1.14. The molecule has 120 valence electrons. The molecule has 2 heterocycles. The summed E-state index contributed by atoms with van der Waals surface area (Å²) in [5, 5.41) is 3.30. The van der Waals surface area contributed by atoms with Gasteiger partial charge < -0.3 is 10.2 Å². The number of nitrogens with one attached hydrogen (secondary N) is 1. The Balaban J connectivity index is 0.00000121. The molecule has 1 aromatic heterocycles. The fraction of sp³-hybridized carbons (Fsp3) is 0.333. The average molecular weight is 360 g/mol. The van der Waals surface area contributed by atoms with Gasteiger partial charge >= 0.3 is 0 Å². The Morgan fingerprint density at radius 1 is 1.32 bits per heavy atom. The van der Waals surface area contributed by atoms with Crippen LogP contribution >= 0.6 is 36.2 Å². The largest absolute Gasteiger partial charge is 0.336 e. The van der Waals surface area contributed by atoms with Crippen LogP contribution in [0, 0.1) is 6.92 Å². The summed E-state index contributed by atoms with van der Waals surface area (Å²) >= 11 is 1.60. The van der Waals surface area contributed by atoms with Crippen molar-refractivity contribution in [2.75, 3.05) is 7.05 Å². The zero-order valence-corrected chi connectivity index (χ0v) is 14.9. The third kappa shape index (κ3) is 3.79.